The molecule has 2 rings (SSSR count). The molecule has 2 nitrogen and oxygen atoms in total. The van der Waals surface area contributed by atoms with Crippen molar-refractivity contribution in [2.45, 2.75) is 32.2 Å². The summed E-state index contributed by atoms with van der Waals surface area (Å²) in [5.74, 6) is -0.505. The molecule has 92 valence electrons. The van der Waals surface area contributed by atoms with E-state index in [2.05, 4.69) is 11.8 Å². The van der Waals surface area contributed by atoms with E-state index >= 15 is 0 Å². The van der Waals surface area contributed by atoms with Crippen molar-refractivity contribution >= 4 is 5.78 Å². The van der Waals surface area contributed by atoms with E-state index in [1.54, 1.807) is 18.2 Å². The van der Waals surface area contributed by atoms with Gasteiger partial charge in [0, 0.05) is 19.0 Å². The molecule has 0 bridgehead atoms. The predicted octanol–water partition coefficient (Wildman–Crippen LogP) is 2.88. The zero-order valence-corrected chi connectivity index (χ0v) is 10.2. The molecule has 3 heteroatoms. The van der Waals surface area contributed by atoms with E-state index in [9.17, 15) is 9.18 Å². The number of likely N-dealkylation sites (tertiary alicyclic amines) is 1. The predicted molar refractivity (Wildman–Crippen MR) is 65.6 cm³/mol. The zero-order valence-electron chi connectivity index (χ0n) is 10.2. The number of hydrogen-bond donors (Lipinski definition) is 0. The molecular formula is C14H18FNO. The molecule has 1 heterocycles. The molecule has 1 atom stereocenters. The Hall–Kier alpha value is -1.22. The van der Waals surface area contributed by atoms with Crippen LogP contribution in [0.15, 0.2) is 24.3 Å². The summed E-state index contributed by atoms with van der Waals surface area (Å²) < 4.78 is 13.4. The molecule has 0 saturated carbocycles. The van der Waals surface area contributed by atoms with Crippen molar-refractivity contribution in [2.75, 3.05) is 13.1 Å². The molecule has 1 saturated heterocycles. The summed E-state index contributed by atoms with van der Waals surface area (Å²) in [7, 11) is 0. The minimum absolute atomic E-state index is 0.0952. The SMILES string of the molecule is CC1CCCN1CCC(=O)c1ccccc1F. The number of carbonyl (C=O) groups is 1. The van der Waals surface area contributed by atoms with Gasteiger partial charge in [0.15, 0.2) is 5.78 Å². The van der Waals surface area contributed by atoms with Crippen LogP contribution in [0.1, 0.15) is 36.5 Å². The van der Waals surface area contributed by atoms with Crippen LogP contribution >= 0.6 is 0 Å². The summed E-state index contributed by atoms with van der Waals surface area (Å²) in [6.07, 6.45) is 2.81. The van der Waals surface area contributed by atoms with E-state index in [0.717, 1.165) is 13.1 Å². The Bertz CT molecular complexity index is 405. The Morgan fingerprint density at radius 2 is 2.24 bits per heavy atom. The van der Waals surface area contributed by atoms with E-state index in [1.807, 2.05) is 0 Å². The third kappa shape index (κ3) is 2.91. The summed E-state index contributed by atoms with van der Waals surface area (Å²) in [4.78, 5) is 14.2. The molecule has 0 N–H and O–H groups in total. The molecule has 1 aliphatic rings. The standard InChI is InChI=1S/C14H18FNO/c1-11-5-4-9-16(11)10-8-14(17)12-6-2-3-7-13(12)15/h2-3,6-7,11H,4-5,8-10H2,1H3. The maximum Gasteiger partial charge on any atom is 0.167 e. The topological polar surface area (TPSA) is 20.3 Å². The number of ketones is 1. The Balaban J connectivity index is 1.91. The first-order valence-corrected chi connectivity index (χ1v) is 6.20. The van der Waals surface area contributed by atoms with Gasteiger partial charge in [-0.15, -0.1) is 0 Å². The normalized spacial score (nSPS) is 20.7. The highest BCUT2D eigenvalue weighted by atomic mass is 19.1. The molecule has 0 aromatic heterocycles. The van der Waals surface area contributed by atoms with E-state index in [1.165, 1.54) is 18.9 Å². The number of rotatable bonds is 4. The fraction of sp³-hybridized carbons (Fsp3) is 0.500. The molecule has 0 amide bonds. The van der Waals surface area contributed by atoms with Crippen LogP contribution in [-0.4, -0.2) is 29.8 Å². The summed E-state index contributed by atoms with van der Waals surface area (Å²) in [6, 6.07) is 6.77. The molecule has 1 fully saturated rings. The molecule has 1 unspecified atom stereocenters. The van der Waals surface area contributed by atoms with Gasteiger partial charge in [0.05, 0.1) is 5.56 Å². The van der Waals surface area contributed by atoms with E-state index < -0.39 is 5.82 Å². The summed E-state index contributed by atoms with van der Waals surface area (Å²) >= 11 is 0. The lowest BCUT2D eigenvalue weighted by molar-refractivity contribution is 0.0959. The van der Waals surface area contributed by atoms with Gasteiger partial charge in [-0.2, -0.15) is 0 Å². The lowest BCUT2D eigenvalue weighted by Crippen LogP contribution is -2.29. The first kappa shape index (κ1) is 12.2. The maximum atomic E-state index is 13.4. The van der Waals surface area contributed by atoms with Gasteiger partial charge in [-0.25, -0.2) is 4.39 Å². The third-order valence-corrected chi connectivity index (χ3v) is 3.49. The van der Waals surface area contributed by atoms with Gasteiger partial charge < -0.3 is 4.90 Å². The second-order valence-electron chi connectivity index (χ2n) is 4.68. The van der Waals surface area contributed by atoms with Crippen LogP contribution < -0.4 is 0 Å². The van der Waals surface area contributed by atoms with Crippen LogP contribution in [0, 0.1) is 5.82 Å². The van der Waals surface area contributed by atoms with Crippen LogP contribution in [0.4, 0.5) is 4.39 Å². The Kier molecular flexibility index (Phi) is 3.89. The van der Waals surface area contributed by atoms with Crippen LogP contribution in [0.3, 0.4) is 0 Å². The highest BCUT2D eigenvalue weighted by Gasteiger charge is 2.21. The largest absolute Gasteiger partial charge is 0.300 e. The van der Waals surface area contributed by atoms with Gasteiger partial charge in [-0.3, -0.25) is 4.79 Å². The van der Waals surface area contributed by atoms with Crippen molar-refractivity contribution in [1.29, 1.82) is 0 Å². The minimum atomic E-state index is -0.410. The van der Waals surface area contributed by atoms with Gasteiger partial charge in [-0.05, 0) is 38.4 Å². The first-order chi connectivity index (χ1) is 8.18. The van der Waals surface area contributed by atoms with Gasteiger partial charge in [-0.1, -0.05) is 12.1 Å². The Morgan fingerprint density at radius 1 is 1.47 bits per heavy atom. The summed E-state index contributed by atoms with van der Waals surface area (Å²) in [6.45, 7) is 3.99. The number of hydrogen-bond acceptors (Lipinski definition) is 2. The smallest absolute Gasteiger partial charge is 0.167 e. The average molecular weight is 235 g/mol. The lowest BCUT2D eigenvalue weighted by Gasteiger charge is -2.20. The second-order valence-corrected chi connectivity index (χ2v) is 4.68. The third-order valence-electron chi connectivity index (χ3n) is 3.49. The summed E-state index contributed by atoms with van der Waals surface area (Å²) in [5, 5.41) is 0. The number of benzene rings is 1. The van der Waals surface area contributed by atoms with Crippen LogP contribution in [0.2, 0.25) is 0 Å². The van der Waals surface area contributed by atoms with E-state index in [4.69, 9.17) is 0 Å². The number of halogens is 1. The van der Waals surface area contributed by atoms with E-state index in [-0.39, 0.29) is 11.3 Å². The molecule has 17 heavy (non-hydrogen) atoms. The molecular weight excluding hydrogens is 217 g/mol. The van der Waals surface area contributed by atoms with Crippen molar-refractivity contribution in [3.8, 4) is 0 Å². The molecule has 0 spiro atoms. The Morgan fingerprint density at radius 3 is 2.88 bits per heavy atom. The average Bonchev–Trinajstić information content (AvgIpc) is 2.72. The first-order valence-electron chi connectivity index (χ1n) is 6.20. The van der Waals surface area contributed by atoms with Crippen molar-refractivity contribution in [2.24, 2.45) is 0 Å². The van der Waals surface area contributed by atoms with Gasteiger partial charge >= 0.3 is 0 Å². The quantitative estimate of drug-likeness (QED) is 0.748. The van der Waals surface area contributed by atoms with Crippen LogP contribution in [0.5, 0.6) is 0 Å². The molecule has 1 aliphatic heterocycles. The number of carbonyl (C=O) groups excluding carboxylic acids is 1. The lowest BCUT2D eigenvalue weighted by atomic mass is 10.1. The fourth-order valence-corrected chi connectivity index (χ4v) is 2.39. The van der Waals surface area contributed by atoms with Crippen LogP contribution in [0.25, 0.3) is 0 Å². The van der Waals surface area contributed by atoms with Crippen LogP contribution in [-0.2, 0) is 0 Å². The zero-order chi connectivity index (χ0) is 12.3. The van der Waals surface area contributed by atoms with Gasteiger partial charge in [0.25, 0.3) is 0 Å². The van der Waals surface area contributed by atoms with Crippen molar-refractivity contribution in [3.63, 3.8) is 0 Å². The van der Waals surface area contributed by atoms with Gasteiger partial charge in [0.2, 0.25) is 0 Å². The van der Waals surface area contributed by atoms with Crippen molar-refractivity contribution < 1.29 is 9.18 Å². The van der Waals surface area contributed by atoms with E-state index in [0.29, 0.717) is 12.5 Å². The molecule has 1 aromatic rings. The highest BCUT2D eigenvalue weighted by Crippen LogP contribution is 2.17. The fourth-order valence-electron chi connectivity index (χ4n) is 2.39. The second kappa shape index (κ2) is 5.41. The highest BCUT2D eigenvalue weighted by molar-refractivity contribution is 5.96. The number of nitrogens with zero attached hydrogens (tertiary/aromatic N) is 1. The molecule has 0 aliphatic carbocycles. The molecule has 0 radical (unpaired) electrons. The Labute approximate surface area is 101 Å². The monoisotopic (exact) mass is 235 g/mol. The maximum absolute atomic E-state index is 13.4. The van der Waals surface area contributed by atoms with Crippen molar-refractivity contribution in [3.05, 3.63) is 35.6 Å². The minimum Gasteiger partial charge on any atom is -0.300 e. The summed E-state index contributed by atoms with van der Waals surface area (Å²) in [5.41, 5.74) is 0.222. The van der Waals surface area contributed by atoms with Crippen molar-refractivity contribution in [1.82, 2.24) is 4.90 Å². The van der Waals surface area contributed by atoms with Gasteiger partial charge in [0.1, 0.15) is 5.82 Å². The molecule has 1 aromatic carbocycles. The number of Topliss-reactive ketones (excluding diaryl/α,β-unsaturated/α-hetero) is 1.